The van der Waals surface area contributed by atoms with E-state index in [0.717, 1.165) is 24.3 Å². The maximum absolute atomic E-state index is 12.7. The quantitative estimate of drug-likeness (QED) is 0.722. The number of nitrogens with one attached hydrogen (secondary N) is 1. The Bertz CT molecular complexity index is 1090. The first-order valence-electron chi connectivity index (χ1n) is 9.92. The molecular weight excluding hydrogens is 380 g/mol. The summed E-state index contributed by atoms with van der Waals surface area (Å²) in [5, 5.41) is 2.97. The molecule has 30 heavy (non-hydrogen) atoms. The van der Waals surface area contributed by atoms with E-state index in [-0.39, 0.29) is 11.7 Å². The summed E-state index contributed by atoms with van der Waals surface area (Å²) in [6, 6.07) is 11.1. The van der Waals surface area contributed by atoms with Crippen LogP contribution in [0.2, 0.25) is 0 Å². The van der Waals surface area contributed by atoms with Gasteiger partial charge in [0, 0.05) is 50.5 Å². The van der Waals surface area contributed by atoms with Crippen molar-refractivity contribution < 1.29 is 4.79 Å². The molecule has 0 radical (unpaired) electrons. The monoisotopic (exact) mass is 404 g/mol. The number of aromatic nitrogens is 3. The SMILES string of the molecule is Cc1ccncc1N1CCN(C(=O)Nc2cccc(Cn3cccnc3=O)c2)CC1. The fourth-order valence-corrected chi connectivity index (χ4v) is 3.59. The van der Waals surface area contributed by atoms with Crippen LogP contribution < -0.4 is 15.9 Å². The van der Waals surface area contributed by atoms with Crippen LogP contribution in [0.3, 0.4) is 0 Å². The van der Waals surface area contributed by atoms with Crippen LogP contribution in [0.25, 0.3) is 0 Å². The summed E-state index contributed by atoms with van der Waals surface area (Å²) in [7, 11) is 0. The summed E-state index contributed by atoms with van der Waals surface area (Å²) in [4.78, 5) is 36.6. The smallest absolute Gasteiger partial charge is 0.347 e. The molecule has 1 aliphatic heterocycles. The number of rotatable bonds is 4. The van der Waals surface area contributed by atoms with Crippen molar-refractivity contribution in [3.63, 3.8) is 0 Å². The number of aryl methyl sites for hydroxylation is 1. The third-order valence-electron chi connectivity index (χ3n) is 5.23. The van der Waals surface area contributed by atoms with Gasteiger partial charge in [0.15, 0.2) is 0 Å². The zero-order valence-corrected chi connectivity index (χ0v) is 16.9. The predicted molar refractivity (Wildman–Crippen MR) is 116 cm³/mol. The molecule has 0 saturated carbocycles. The second kappa shape index (κ2) is 8.77. The topological polar surface area (TPSA) is 83.4 Å². The molecule has 1 fully saturated rings. The van der Waals surface area contributed by atoms with E-state index in [1.54, 1.807) is 18.5 Å². The summed E-state index contributed by atoms with van der Waals surface area (Å²) in [5.41, 5.74) is 3.64. The average molecular weight is 404 g/mol. The molecule has 3 aromatic rings. The summed E-state index contributed by atoms with van der Waals surface area (Å²) in [6.45, 7) is 5.30. The lowest BCUT2D eigenvalue weighted by Crippen LogP contribution is -2.50. The highest BCUT2D eigenvalue weighted by Crippen LogP contribution is 2.20. The molecule has 154 valence electrons. The zero-order valence-electron chi connectivity index (χ0n) is 16.9. The maximum atomic E-state index is 12.7. The fourth-order valence-electron chi connectivity index (χ4n) is 3.59. The van der Waals surface area contributed by atoms with Crippen LogP contribution in [0.5, 0.6) is 0 Å². The minimum absolute atomic E-state index is 0.117. The molecule has 1 N–H and O–H groups in total. The van der Waals surface area contributed by atoms with Crippen molar-refractivity contribution in [2.45, 2.75) is 13.5 Å². The first kappa shape index (κ1) is 19.6. The Balaban J connectivity index is 1.36. The Morgan fingerprint density at radius 1 is 1.10 bits per heavy atom. The molecule has 2 amide bonds. The van der Waals surface area contributed by atoms with Gasteiger partial charge in [0.05, 0.1) is 18.4 Å². The number of carbonyl (C=O) groups is 1. The highest BCUT2D eigenvalue weighted by molar-refractivity contribution is 5.89. The fraction of sp³-hybridized carbons (Fsp3) is 0.273. The number of urea groups is 1. The first-order valence-corrected chi connectivity index (χ1v) is 9.92. The molecule has 8 heteroatoms. The number of anilines is 2. The Hall–Kier alpha value is -3.68. The lowest BCUT2D eigenvalue weighted by atomic mass is 10.2. The van der Waals surface area contributed by atoms with E-state index in [0.29, 0.717) is 25.3 Å². The number of pyridine rings is 1. The third-order valence-corrected chi connectivity index (χ3v) is 5.23. The lowest BCUT2D eigenvalue weighted by Gasteiger charge is -2.36. The molecule has 1 saturated heterocycles. The van der Waals surface area contributed by atoms with Crippen molar-refractivity contribution in [1.29, 1.82) is 0 Å². The number of nitrogens with zero attached hydrogens (tertiary/aromatic N) is 5. The highest BCUT2D eigenvalue weighted by Gasteiger charge is 2.22. The average Bonchev–Trinajstić information content (AvgIpc) is 2.76. The van der Waals surface area contributed by atoms with E-state index < -0.39 is 0 Å². The van der Waals surface area contributed by atoms with Crippen LogP contribution in [0.4, 0.5) is 16.2 Å². The zero-order chi connectivity index (χ0) is 20.9. The van der Waals surface area contributed by atoms with Crippen molar-refractivity contribution in [2.75, 3.05) is 36.4 Å². The van der Waals surface area contributed by atoms with E-state index in [1.807, 2.05) is 41.4 Å². The first-order chi connectivity index (χ1) is 14.6. The van der Waals surface area contributed by atoms with Crippen LogP contribution in [0.15, 0.2) is 66.0 Å². The van der Waals surface area contributed by atoms with E-state index in [4.69, 9.17) is 0 Å². The van der Waals surface area contributed by atoms with Gasteiger partial charge in [0.1, 0.15) is 0 Å². The van der Waals surface area contributed by atoms with Gasteiger partial charge in [-0.15, -0.1) is 0 Å². The molecule has 4 rings (SSSR count). The maximum Gasteiger partial charge on any atom is 0.347 e. The van der Waals surface area contributed by atoms with Crippen LogP contribution in [0, 0.1) is 6.92 Å². The predicted octanol–water partition coefficient (Wildman–Crippen LogP) is 2.35. The van der Waals surface area contributed by atoms with Gasteiger partial charge in [-0.3, -0.25) is 9.55 Å². The standard InChI is InChI=1S/C22H24N6O2/c1-17-6-8-23-15-20(17)26-10-12-27(13-11-26)22(30)25-19-5-2-4-18(14-19)16-28-9-3-7-24-21(28)29/h2-9,14-15H,10-13,16H2,1H3,(H,25,30). The number of carbonyl (C=O) groups excluding carboxylic acids is 1. The molecule has 1 aromatic carbocycles. The molecule has 3 heterocycles. The number of piperazine rings is 1. The van der Waals surface area contributed by atoms with Gasteiger partial charge in [0.2, 0.25) is 0 Å². The summed E-state index contributed by atoms with van der Waals surface area (Å²) in [5.74, 6) is 0. The molecule has 0 spiro atoms. The molecule has 1 aliphatic rings. The van der Waals surface area contributed by atoms with Gasteiger partial charge in [-0.25, -0.2) is 14.6 Å². The van der Waals surface area contributed by atoms with Gasteiger partial charge in [-0.05, 0) is 42.3 Å². The summed E-state index contributed by atoms with van der Waals surface area (Å²) >= 11 is 0. The van der Waals surface area contributed by atoms with Gasteiger partial charge in [0.25, 0.3) is 0 Å². The summed E-state index contributed by atoms with van der Waals surface area (Å²) < 4.78 is 1.53. The van der Waals surface area contributed by atoms with E-state index in [9.17, 15) is 9.59 Å². The molecule has 2 aromatic heterocycles. The van der Waals surface area contributed by atoms with Gasteiger partial charge >= 0.3 is 11.7 Å². The lowest BCUT2D eigenvalue weighted by molar-refractivity contribution is 0.208. The molecule has 0 bridgehead atoms. The Labute approximate surface area is 174 Å². The van der Waals surface area contributed by atoms with Crippen molar-refractivity contribution in [3.05, 3.63) is 82.8 Å². The largest absolute Gasteiger partial charge is 0.367 e. The Kier molecular flexibility index (Phi) is 5.74. The van der Waals surface area contributed by atoms with Gasteiger partial charge in [-0.1, -0.05) is 12.1 Å². The minimum atomic E-state index is -0.298. The van der Waals surface area contributed by atoms with Crippen molar-refractivity contribution in [2.24, 2.45) is 0 Å². The third kappa shape index (κ3) is 4.48. The van der Waals surface area contributed by atoms with Crippen LogP contribution in [0.1, 0.15) is 11.1 Å². The highest BCUT2D eigenvalue weighted by atomic mass is 16.2. The van der Waals surface area contributed by atoms with E-state index in [2.05, 4.69) is 27.1 Å². The number of amides is 2. The number of benzene rings is 1. The second-order valence-corrected chi connectivity index (χ2v) is 7.30. The Morgan fingerprint density at radius 3 is 2.70 bits per heavy atom. The van der Waals surface area contributed by atoms with Gasteiger partial charge in [-0.2, -0.15) is 0 Å². The molecule has 0 atom stereocenters. The normalized spacial score (nSPS) is 13.9. The van der Waals surface area contributed by atoms with Crippen molar-refractivity contribution in [3.8, 4) is 0 Å². The summed E-state index contributed by atoms with van der Waals surface area (Å²) in [6.07, 6.45) is 6.85. The Morgan fingerprint density at radius 2 is 1.93 bits per heavy atom. The van der Waals surface area contributed by atoms with Crippen molar-refractivity contribution in [1.82, 2.24) is 19.4 Å². The van der Waals surface area contributed by atoms with Gasteiger partial charge < -0.3 is 15.1 Å². The molecule has 0 unspecified atom stereocenters. The second-order valence-electron chi connectivity index (χ2n) is 7.30. The van der Waals surface area contributed by atoms with E-state index in [1.165, 1.54) is 16.3 Å². The molecule has 0 aliphatic carbocycles. The minimum Gasteiger partial charge on any atom is -0.367 e. The number of hydrogen-bond donors (Lipinski definition) is 1. The molecular formula is C22H24N6O2. The van der Waals surface area contributed by atoms with Crippen LogP contribution in [-0.4, -0.2) is 51.6 Å². The number of hydrogen-bond acceptors (Lipinski definition) is 5. The van der Waals surface area contributed by atoms with Crippen LogP contribution in [-0.2, 0) is 6.54 Å². The van der Waals surface area contributed by atoms with Crippen LogP contribution >= 0.6 is 0 Å². The molecule has 8 nitrogen and oxygen atoms in total. The van der Waals surface area contributed by atoms with Crippen molar-refractivity contribution >= 4 is 17.4 Å². The van der Waals surface area contributed by atoms with E-state index >= 15 is 0 Å².